The summed E-state index contributed by atoms with van der Waals surface area (Å²) in [5.41, 5.74) is 0. The van der Waals surface area contributed by atoms with Crippen molar-refractivity contribution in [1.82, 2.24) is 10.2 Å². The van der Waals surface area contributed by atoms with Crippen LogP contribution >= 0.6 is 0 Å². The average Bonchev–Trinajstić information content (AvgIpc) is 2.99. The van der Waals surface area contributed by atoms with Gasteiger partial charge in [-0.15, -0.1) is 0 Å². The molecule has 0 spiro atoms. The lowest BCUT2D eigenvalue weighted by Gasteiger charge is -2.20. The van der Waals surface area contributed by atoms with Gasteiger partial charge in [0, 0.05) is 12.6 Å². The summed E-state index contributed by atoms with van der Waals surface area (Å²) in [6.45, 7) is 6.74. The van der Waals surface area contributed by atoms with E-state index in [0.29, 0.717) is 6.61 Å². The second-order valence-corrected chi connectivity index (χ2v) is 4.09. The number of hydrogen-bond acceptors (Lipinski definition) is 3. The van der Waals surface area contributed by atoms with Crippen LogP contribution in [0.5, 0.6) is 0 Å². The summed E-state index contributed by atoms with van der Waals surface area (Å²) in [5, 5.41) is 12.3. The predicted octanol–water partition coefficient (Wildman–Crippen LogP) is 0.833. The second kappa shape index (κ2) is 7.21. The first-order valence-electron chi connectivity index (χ1n) is 5.94. The molecule has 14 heavy (non-hydrogen) atoms. The number of aliphatic hydroxyl groups is 1. The quantitative estimate of drug-likeness (QED) is 0.541. The standard InChI is InChI=1S/C11H24N2O/c1-2-6-12-7-3-8-13(9-10-14)11-4-5-11/h11-12,14H,2-10H2,1H3. The molecule has 3 nitrogen and oxygen atoms in total. The molecule has 0 aromatic heterocycles. The molecule has 0 saturated heterocycles. The van der Waals surface area contributed by atoms with Gasteiger partial charge in [0.15, 0.2) is 0 Å². The van der Waals surface area contributed by atoms with Crippen LogP contribution in [0.2, 0.25) is 0 Å². The average molecular weight is 200 g/mol. The van der Waals surface area contributed by atoms with Gasteiger partial charge in [0.05, 0.1) is 6.61 Å². The Balaban J connectivity index is 1.96. The Morgan fingerprint density at radius 1 is 1.29 bits per heavy atom. The fourth-order valence-corrected chi connectivity index (χ4v) is 1.75. The fourth-order valence-electron chi connectivity index (χ4n) is 1.75. The highest BCUT2D eigenvalue weighted by molar-refractivity contribution is 4.84. The molecule has 0 unspecified atom stereocenters. The van der Waals surface area contributed by atoms with Gasteiger partial charge in [-0.3, -0.25) is 4.90 Å². The van der Waals surface area contributed by atoms with E-state index < -0.39 is 0 Å². The van der Waals surface area contributed by atoms with E-state index >= 15 is 0 Å². The molecule has 0 heterocycles. The van der Waals surface area contributed by atoms with Gasteiger partial charge in [-0.05, 0) is 45.3 Å². The van der Waals surface area contributed by atoms with Crippen molar-refractivity contribution < 1.29 is 5.11 Å². The van der Waals surface area contributed by atoms with Gasteiger partial charge < -0.3 is 10.4 Å². The van der Waals surface area contributed by atoms with Crippen molar-refractivity contribution in [3.8, 4) is 0 Å². The Hall–Kier alpha value is -0.120. The van der Waals surface area contributed by atoms with Crippen molar-refractivity contribution in [3.63, 3.8) is 0 Å². The molecular weight excluding hydrogens is 176 g/mol. The molecule has 84 valence electrons. The minimum Gasteiger partial charge on any atom is -0.395 e. The minimum absolute atomic E-state index is 0.304. The zero-order chi connectivity index (χ0) is 10.2. The van der Waals surface area contributed by atoms with Crippen molar-refractivity contribution in [3.05, 3.63) is 0 Å². The van der Waals surface area contributed by atoms with E-state index in [9.17, 15) is 0 Å². The Morgan fingerprint density at radius 3 is 2.64 bits per heavy atom. The van der Waals surface area contributed by atoms with Gasteiger partial charge >= 0.3 is 0 Å². The van der Waals surface area contributed by atoms with Crippen LogP contribution in [0.1, 0.15) is 32.6 Å². The van der Waals surface area contributed by atoms with E-state index in [4.69, 9.17) is 5.11 Å². The van der Waals surface area contributed by atoms with E-state index in [-0.39, 0.29) is 0 Å². The van der Waals surface area contributed by atoms with E-state index in [2.05, 4.69) is 17.1 Å². The fraction of sp³-hybridized carbons (Fsp3) is 1.00. The zero-order valence-electron chi connectivity index (χ0n) is 9.34. The molecule has 1 saturated carbocycles. The van der Waals surface area contributed by atoms with Crippen molar-refractivity contribution in [2.75, 3.05) is 32.8 Å². The third-order valence-electron chi connectivity index (χ3n) is 2.68. The number of rotatable bonds is 9. The van der Waals surface area contributed by atoms with Crippen molar-refractivity contribution in [2.45, 2.75) is 38.6 Å². The first-order chi connectivity index (χ1) is 6.88. The molecule has 1 fully saturated rings. The first-order valence-corrected chi connectivity index (χ1v) is 5.94. The molecule has 0 bridgehead atoms. The summed E-state index contributed by atoms with van der Waals surface area (Å²) < 4.78 is 0. The molecule has 3 heteroatoms. The van der Waals surface area contributed by atoms with E-state index in [1.54, 1.807) is 0 Å². The maximum atomic E-state index is 8.90. The number of nitrogens with zero attached hydrogens (tertiary/aromatic N) is 1. The molecule has 1 aliphatic carbocycles. The third-order valence-corrected chi connectivity index (χ3v) is 2.68. The Labute approximate surface area is 87.5 Å². The van der Waals surface area contributed by atoms with Crippen molar-refractivity contribution in [1.29, 1.82) is 0 Å². The van der Waals surface area contributed by atoms with Crippen molar-refractivity contribution in [2.24, 2.45) is 0 Å². The van der Waals surface area contributed by atoms with E-state index in [1.807, 2.05) is 0 Å². The number of aliphatic hydroxyl groups excluding tert-OH is 1. The Morgan fingerprint density at radius 2 is 2.07 bits per heavy atom. The number of nitrogens with one attached hydrogen (secondary N) is 1. The highest BCUT2D eigenvalue weighted by Gasteiger charge is 2.27. The summed E-state index contributed by atoms with van der Waals surface area (Å²) >= 11 is 0. The lowest BCUT2D eigenvalue weighted by Crippen LogP contribution is -2.32. The number of hydrogen-bond donors (Lipinski definition) is 2. The molecule has 0 amide bonds. The largest absolute Gasteiger partial charge is 0.395 e. The SMILES string of the molecule is CCCNCCCN(CCO)C1CC1. The molecular formula is C11H24N2O. The highest BCUT2D eigenvalue weighted by atomic mass is 16.3. The van der Waals surface area contributed by atoms with Crippen LogP contribution in [0.4, 0.5) is 0 Å². The van der Waals surface area contributed by atoms with Gasteiger partial charge in [0.25, 0.3) is 0 Å². The van der Waals surface area contributed by atoms with E-state index in [0.717, 1.165) is 32.2 Å². The van der Waals surface area contributed by atoms with Gasteiger partial charge in [-0.1, -0.05) is 6.92 Å². The van der Waals surface area contributed by atoms with Crippen LogP contribution in [-0.2, 0) is 0 Å². The zero-order valence-corrected chi connectivity index (χ0v) is 9.34. The van der Waals surface area contributed by atoms with Crippen molar-refractivity contribution >= 4 is 0 Å². The maximum absolute atomic E-state index is 8.90. The lowest BCUT2D eigenvalue weighted by atomic mass is 10.3. The lowest BCUT2D eigenvalue weighted by molar-refractivity contribution is 0.187. The van der Waals surface area contributed by atoms with Crippen LogP contribution in [0, 0.1) is 0 Å². The van der Waals surface area contributed by atoms with Gasteiger partial charge in [-0.25, -0.2) is 0 Å². The summed E-state index contributed by atoms with van der Waals surface area (Å²) in [6, 6.07) is 0.785. The molecule has 0 aromatic carbocycles. The van der Waals surface area contributed by atoms with Crippen LogP contribution in [0.15, 0.2) is 0 Å². The highest BCUT2D eigenvalue weighted by Crippen LogP contribution is 2.26. The topological polar surface area (TPSA) is 35.5 Å². The molecule has 1 aliphatic rings. The molecule has 2 N–H and O–H groups in total. The molecule has 1 rings (SSSR count). The van der Waals surface area contributed by atoms with Gasteiger partial charge in [0.2, 0.25) is 0 Å². The predicted molar refractivity (Wildman–Crippen MR) is 59.5 cm³/mol. The molecule has 0 atom stereocenters. The van der Waals surface area contributed by atoms with Crippen LogP contribution < -0.4 is 5.32 Å². The summed E-state index contributed by atoms with van der Waals surface area (Å²) in [6.07, 6.45) is 5.09. The maximum Gasteiger partial charge on any atom is 0.0558 e. The van der Waals surface area contributed by atoms with Gasteiger partial charge in [0.1, 0.15) is 0 Å². The van der Waals surface area contributed by atoms with Crippen LogP contribution in [0.25, 0.3) is 0 Å². The Bertz CT molecular complexity index is 137. The van der Waals surface area contributed by atoms with Crippen LogP contribution in [0.3, 0.4) is 0 Å². The summed E-state index contributed by atoms with van der Waals surface area (Å²) in [7, 11) is 0. The summed E-state index contributed by atoms with van der Waals surface area (Å²) in [5.74, 6) is 0. The normalized spacial score (nSPS) is 16.5. The first kappa shape index (κ1) is 12.0. The summed E-state index contributed by atoms with van der Waals surface area (Å²) in [4.78, 5) is 2.42. The minimum atomic E-state index is 0.304. The molecule has 0 aromatic rings. The van der Waals surface area contributed by atoms with Crippen LogP contribution in [-0.4, -0.2) is 48.8 Å². The molecule has 0 aliphatic heterocycles. The second-order valence-electron chi connectivity index (χ2n) is 4.09. The monoisotopic (exact) mass is 200 g/mol. The smallest absolute Gasteiger partial charge is 0.0558 e. The van der Waals surface area contributed by atoms with E-state index in [1.165, 1.54) is 25.7 Å². The molecule has 0 radical (unpaired) electrons. The Kier molecular flexibility index (Phi) is 6.15. The third kappa shape index (κ3) is 4.94. The van der Waals surface area contributed by atoms with Gasteiger partial charge in [-0.2, -0.15) is 0 Å².